The summed E-state index contributed by atoms with van der Waals surface area (Å²) in [4.78, 5) is 2.59. The monoisotopic (exact) mass is 307 g/mol. The van der Waals surface area contributed by atoms with Crippen molar-refractivity contribution in [1.29, 1.82) is 0 Å². The van der Waals surface area contributed by atoms with Gasteiger partial charge >= 0.3 is 0 Å². The zero-order valence-electron chi connectivity index (χ0n) is 11.6. The number of aliphatic hydroxyl groups is 3. The van der Waals surface area contributed by atoms with Crippen LogP contribution in [0.4, 0.5) is 0 Å². The number of aliphatic hydroxyl groups excluding tert-OH is 3. The minimum atomic E-state index is -1.29. The maximum absolute atomic E-state index is 9.60. The quantitative estimate of drug-likeness (QED) is 0.198. The maximum Gasteiger partial charge on any atom is 0.186 e. The van der Waals surface area contributed by atoms with Gasteiger partial charge in [0, 0.05) is 11.5 Å². The molecule has 122 valence electrons. The van der Waals surface area contributed by atoms with Crippen LogP contribution in [-0.4, -0.2) is 86.1 Å². The molecule has 1 aliphatic rings. The highest BCUT2D eigenvalue weighted by Crippen LogP contribution is 2.16. The van der Waals surface area contributed by atoms with E-state index >= 15 is 0 Å². The first-order valence-corrected chi connectivity index (χ1v) is 6.60. The van der Waals surface area contributed by atoms with Gasteiger partial charge < -0.3 is 34.3 Å². The summed E-state index contributed by atoms with van der Waals surface area (Å²) in [6, 6.07) is 0. The topological polar surface area (TPSA) is 146 Å². The van der Waals surface area contributed by atoms with Gasteiger partial charge in [0.25, 0.3) is 0 Å². The molecular formula is C11H21N3O7. The second-order valence-electron chi connectivity index (χ2n) is 4.30. The van der Waals surface area contributed by atoms with Crippen molar-refractivity contribution >= 4 is 0 Å². The summed E-state index contributed by atoms with van der Waals surface area (Å²) in [5.41, 5.74) is 8.03. The molecule has 0 amide bonds. The van der Waals surface area contributed by atoms with Crippen molar-refractivity contribution in [3.63, 3.8) is 0 Å². The zero-order chi connectivity index (χ0) is 15.5. The molecule has 0 saturated carbocycles. The molecule has 0 aliphatic carbocycles. The fourth-order valence-corrected chi connectivity index (χ4v) is 1.62. The molecule has 0 spiro atoms. The van der Waals surface area contributed by atoms with Crippen LogP contribution in [0.1, 0.15) is 0 Å². The van der Waals surface area contributed by atoms with Gasteiger partial charge in [-0.15, -0.1) is 0 Å². The van der Waals surface area contributed by atoms with Crippen LogP contribution in [0.5, 0.6) is 0 Å². The molecule has 1 fully saturated rings. The van der Waals surface area contributed by atoms with Crippen LogP contribution in [0.15, 0.2) is 5.11 Å². The molecule has 0 aromatic rings. The molecule has 21 heavy (non-hydrogen) atoms. The van der Waals surface area contributed by atoms with E-state index in [0.29, 0.717) is 19.8 Å². The Labute approximate surface area is 121 Å². The van der Waals surface area contributed by atoms with Crippen LogP contribution in [0, 0.1) is 0 Å². The van der Waals surface area contributed by atoms with E-state index in [1.807, 2.05) is 0 Å². The van der Waals surface area contributed by atoms with Crippen molar-refractivity contribution in [2.75, 3.05) is 46.2 Å². The van der Waals surface area contributed by atoms with Crippen LogP contribution < -0.4 is 0 Å². The summed E-state index contributed by atoms with van der Waals surface area (Å²) in [6.07, 6.45) is -4.67. The lowest BCUT2D eigenvalue weighted by atomic mass is 10.1. The first-order valence-electron chi connectivity index (χ1n) is 6.60. The molecule has 0 aromatic carbocycles. The summed E-state index contributed by atoms with van der Waals surface area (Å²) >= 11 is 0. The van der Waals surface area contributed by atoms with E-state index in [9.17, 15) is 15.3 Å². The van der Waals surface area contributed by atoms with E-state index < -0.39 is 24.6 Å². The predicted molar refractivity (Wildman–Crippen MR) is 69.4 cm³/mol. The average molecular weight is 307 g/mol. The minimum absolute atomic E-state index is 0.0945. The molecule has 10 nitrogen and oxygen atoms in total. The molecule has 0 aromatic heterocycles. The molecule has 1 rings (SSSR count). The van der Waals surface area contributed by atoms with Gasteiger partial charge in [-0.05, 0) is 5.53 Å². The van der Waals surface area contributed by atoms with Gasteiger partial charge in [0.1, 0.15) is 18.3 Å². The molecule has 1 aliphatic heterocycles. The standard InChI is InChI=1S/C11H21N3O7/c12-14-13-1-2-18-3-4-19-5-6-20-11-10(17)9(16)8(15)7-21-11/h8-11,15-17H,1-7H2/t8-,9+,10+,11+/m1/s1. The van der Waals surface area contributed by atoms with Crippen molar-refractivity contribution in [3.05, 3.63) is 10.4 Å². The Bertz CT molecular complexity index is 327. The van der Waals surface area contributed by atoms with Crippen LogP contribution in [0.25, 0.3) is 10.4 Å². The Morgan fingerprint density at radius 1 is 1.05 bits per heavy atom. The van der Waals surface area contributed by atoms with Crippen molar-refractivity contribution in [2.24, 2.45) is 5.11 Å². The molecular weight excluding hydrogens is 286 g/mol. The van der Waals surface area contributed by atoms with E-state index in [0.717, 1.165) is 0 Å². The highest BCUT2D eigenvalue weighted by Gasteiger charge is 2.37. The van der Waals surface area contributed by atoms with E-state index in [-0.39, 0.29) is 26.4 Å². The molecule has 1 heterocycles. The lowest BCUT2D eigenvalue weighted by molar-refractivity contribution is -0.271. The summed E-state index contributed by atoms with van der Waals surface area (Å²) in [6.45, 7) is 1.69. The van der Waals surface area contributed by atoms with Crippen LogP contribution >= 0.6 is 0 Å². The van der Waals surface area contributed by atoms with E-state index in [1.165, 1.54) is 0 Å². The molecule has 0 unspecified atom stereocenters. The Morgan fingerprint density at radius 2 is 1.71 bits per heavy atom. The van der Waals surface area contributed by atoms with E-state index in [1.54, 1.807) is 0 Å². The number of rotatable bonds is 10. The summed E-state index contributed by atoms with van der Waals surface area (Å²) in [5, 5.41) is 31.6. The van der Waals surface area contributed by atoms with Gasteiger partial charge in [-0.25, -0.2) is 0 Å². The third-order valence-electron chi connectivity index (χ3n) is 2.73. The number of ether oxygens (including phenoxy) is 4. The van der Waals surface area contributed by atoms with Crippen molar-refractivity contribution in [1.82, 2.24) is 0 Å². The van der Waals surface area contributed by atoms with Gasteiger partial charge in [0.2, 0.25) is 0 Å². The van der Waals surface area contributed by atoms with Crippen LogP contribution in [-0.2, 0) is 18.9 Å². The SMILES string of the molecule is [N-]=[N+]=NCCOCCOCCO[C@H]1OC[C@@H](O)[C@H](O)[C@@H]1O. The normalized spacial score (nSPS) is 29.1. The highest BCUT2D eigenvalue weighted by molar-refractivity contribution is 4.82. The van der Waals surface area contributed by atoms with Gasteiger partial charge in [0.05, 0.1) is 39.6 Å². The summed E-state index contributed by atoms with van der Waals surface area (Å²) in [5.74, 6) is 0. The molecule has 10 heteroatoms. The number of hydrogen-bond donors (Lipinski definition) is 3. The fourth-order valence-electron chi connectivity index (χ4n) is 1.62. The van der Waals surface area contributed by atoms with E-state index in [2.05, 4.69) is 10.0 Å². The first-order chi connectivity index (χ1) is 10.2. The molecule has 3 N–H and O–H groups in total. The van der Waals surface area contributed by atoms with Crippen LogP contribution in [0.2, 0.25) is 0 Å². The number of azide groups is 1. The maximum atomic E-state index is 9.60. The van der Waals surface area contributed by atoms with Crippen LogP contribution in [0.3, 0.4) is 0 Å². The molecule has 1 saturated heterocycles. The second kappa shape index (κ2) is 10.7. The number of hydrogen-bond acceptors (Lipinski definition) is 8. The fraction of sp³-hybridized carbons (Fsp3) is 1.00. The largest absolute Gasteiger partial charge is 0.388 e. The van der Waals surface area contributed by atoms with Gasteiger partial charge in [-0.1, -0.05) is 5.11 Å². The Hall–Kier alpha value is -0.970. The molecule has 0 radical (unpaired) electrons. The smallest absolute Gasteiger partial charge is 0.186 e. The summed E-state index contributed by atoms with van der Waals surface area (Å²) in [7, 11) is 0. The van der Waals surface area contributed by atoms with Crippen molar-refractivity contribution in [3.8, 4) is 0 Å². The van der Waals surface area contributed by atoms with Gasteiger partial charge in [-0.3, -0.25) is 0 Å². The Kier molecular flexibility index (Phi) is 9.22. The Balaban J connectivity index is 1.95. The van der Waals surface area contributed by atoms with Gasteiger partial charge in [0.15, 0.2) is 6.29 Å². The molecule has 4 atom stereocenters. The van der Waals surface area contributed by atoms with Crippen molar-refractivity contribution in [2.45, 2.75) is 24.6 Å². The lowest BCUT2D eigenvalue weighted by Crippen LogP contribution is -2.53. The second-order valence-corrected chi connectivity index (χ2v) is 4.30. The van der Waals surface area contributed by atoms with Crippen molar-refractivity contribution < 1.29 is 34.3 Å². The third-order valence-corrected chi connectivity index (χ3v) is 2.73. The van der Waals surface area contributed by atoms with Gasteiger partial charge in [-0.2, -0.15) is 0 Å². The Morgan fingerprint density at radius 3 is 2.43 bits per heavy atom. The first kappa shape index (κ1) is 18.1. The minimum Gasteiger partial charge on any atom is -0.388 e. The number of nitrogens with zero attached hydrogens (tertiary/aromatic N) is 3. The molecule has 0 bridgehead atoms. The van der Waals surface area contributed by atoms with E-state index in [4.69, 9.17) is 24.5 Å². The lowest BCUT2D eigenvalue weighted by Gasteiger charge is -2.34. The predicted octanol–water partition coefficient (Wildman–Crippen LogP) is -1.21. The average Bonchev–Trinajstić information content (AvgIpc) is 2.49. The zero-order valence-corrected chi connectivity index (χ0v) is 11.6. The third kappa shape index (κ3) is 7.02. The highest BCUT2D eigenvalue weighted by atomic mass is 16.7. The summed E-state index contributed by atoms with van der Waals surface area (Å²) < 4.78 is 20.6.